The van der Waals surface area contributed by atoms with Crippen LogP contribution in [0.5, 0.6) is 11.5 Å². The van der Waals surface area contributed by atoms with E-state index >= 15 is 0 Å². The molecule has 0 bridgehead atoms. The second kappa shape index (κ2) is 8.33. The number of ether oxygens (including phenoxy) is 2. The average molecular weight is 379 g/mol. The van der Waals surface area contributed by atoms with Crippen molar-refractivity contribution >= 4 is 16.9 Å². The quantitative estimate of drug-likeness (QED) is 0.578. The normalized spacial score (nSPS) is 13.5. The van der Waals surface area contributed by atoms with Gasteiger partial charge in [-0.1, -0.05) is 24.3 Å². The number of imidazole rings is 1. The zero-order valence-electron chi connectivity index (χ0n) is 16.1. The number of carbonyl (C=O) groups is 1. The van der Waals surface area contributed by atoms with Crippen LogP contribution in [0.2, 0.25) is 0 Å². The van der Waals surface area contributed by atoms with Crippen molar-refractivity contribution in [3.8, 4) is 11.5 Å². The fourth-order valence-electron chi connectivity index (χ4n) is 3.31. The fourth-order valence-corrected chi connectivity index (χ4v) is 3.31. The van der Waals surface area contributed by atoms with Crippen molar-refractivity contribution in [2.24, 2.45) is 5.92 Å². The first-order valence-electron chi connectivity index (χ1n) is 9.74. The van der Waals surface area contributed by atoms with E-state index in [0.717, 1.165) is 54.2 Å². The number of benzene rings is 2. The van der Waals surface area contributed by atoms with Gasteiger partial charge in [-0.25, -0.2) is 4.98 Å². The van der Waals surface area contributed by atoms with Gasteiger partial charge in [0.05, 0.1) is 31.3 Å². The highest BCUT2D eigenvalue weighted by Crippen LogP contribution is 2.29. The molecule has 1 N–H and O–H groups in total. The van der Waals surface area contributed by atoms with Gasteiger partial charge in [0.25, 0.3) is 0 Å². The maximum atomic E-state index is 12.0. The van der Waals surface area contributed by atoms with Gasteiger partial charge in [-0.15, -0.1) is 0 Å². The minimum Gasteiger partial charge on any atom is -0.493 e. The van der Waals surface area contributed by atoms with Crippen molar-refractivity contribution in [3.05, 3.63) is 54.4 Å². The van der Waals surface area contributed by atoms with Crippen LogP contribution in [0.25, 0.3) is 11.0 Å². The zero-order valence-corrected chi connectivity index (χ0v) is 16.1. The Kier molecular flexibility index (Phi) is 5.46. The molecule has 0 saturated heterocycles. The Balaban J connectivity index is 1.41. The van der Waals surface area contributed by atoms with Gasteiger partial charge < -0.3 is 19.4 Å². The molecule has 1 aliphatic rings. The van der Waals surface area contributed by atoms with Crippen LogP contribution in [0.1, 0.15) is 25.1 Å². The fraction of sp³-hybridized carbons (Fsp3) is 0.364. The van der Waals surface area contributed by atoms with E-state index < -0.39 is 0 Å². The zero-order chi connectivity index (χ0) is 19.3. The van der Waals surface area contributed by atoms with Gasteiger partial charge in [-0.3, -0.25) is 4.79 Å². The number of rotatable bonds is 9. The topological polar surface area (TPSA) is 65.4 Å². The number of nitrogens with one attached hydrogen (secondary N) is 1. The summed E-state index contributed by atoms with van der Waals surface area (Å²) in [6.45, 7) is 1.79. The van der Waals surface area contributed by atoms with E-state index in [4.69, 9.17) is 14.5 Å². The predicted octanol–water partition coefficient (Wildman–Crippen LogP) is 3.54. The molecular formula is C22H25N3O3. The number of hydrogen-bond acceptors (Lipinski definition) is 4. The molecule has 6 heteroatoms. The van der Waals surface area contributed by atoms with Crippen molar-refractivity contribution < 1.29 is 14.3 Å². The molecule has 146 valence electrons. The Morgan fingerprint density at radius 3 is 2.68 bits per heavy atom. The number of aromatic nitrogens is 2. The van der Waals surface area contributed by atoms with E-state index in [9.17, 15) is 4.79 Å². The maximum absolute atomic E-state index is 12.0. The van der Waals surface area contributed by atoms with E-state index in [1.54, 1.807) is 7.11 Å². The van der Waals surface area contributed by atoms with Gasteiger partial charge in [-0.05, 0) is 43.5 Å². The maximum Gasteiger partial charge on any atom is 0.223 e. The van der Waals surface area contributed by atoms with Crippen molar-refractivity contribution in [2.75, 3.05) is 13.7 Å². The third kappa shape index (κ3) is 4.11. The molecule has 1 aliphatic carbocycles. The largest absolute Gasteiger partial charge is 0.493 e. The van der Waals surface area contributed by atoms with Crippen LogP contribution in [0.4, 0.5) is 0 Å². The number of hydrogen-bond donors (Lipinski definition) is 1. The van der Waals surface area contributed by atoms with Crippen LogP contribution in [0, 0.1) is 5.92 Å². The molecule has 0 unspecified atom stereocenters. The molecule has 1 heterocycles. The molecule has 0 radical (unpaired) electrons. The van der Waals surface area contributed by atoms with Crippen LogP contribution < -0.4 is 14.8 Å². The van der Waals surface area contributed by atoms with E-state index in [-0.39, 0.29) is 11.8 Å². The molecule has 1 fully saturated rings. The average Bonchev–Trinajstić information content (AvgIpc) is 3.52. The number of para-hydroxylation sites is 4. The number of methoxy groups -OCH3 is 1. The monoisotopic (exact) mass is 379 g/mol. The van der Waals surface area contributed by atoms with Gasteiger partial charge in [0, 0.05) is 12.5 Å². The summed E-state index contributed by atoms with van der Waals surface area (Å²) in [5, 5.41) is 3.02. The third-order valence-corrected chi connectivity index (χ3v) is 4.96. The molecule has 1 aromatic heterocycles. The van der Waals surface area contributed by atoms with E-state index in [2.05, 4.69) is 16.0 Å². The minimum atomic E-state index is 0.137. The summed E-state index contributed by atoms with van der Waals surface area (Å²) in [6, 6.07) is 15.7. The first kappa shape index (κ1) is 18.3. The molecule has 0 spiro atoms. The summed E-state index contributed by atoms with van der Waals surface area (Å²) in [6.07, 6.45) is 2.83. The Morgan fingerprint density at radius 1 is 1.14 bits per heavy atom. The summed E-state index contributed by atoms with van der Waals surface area (Å²) in [7, 11) is 1.64. The first-order valence-corrected chi connectivity index (χ1v) is 9.74. The lowest BCUT2D eigenvalue weighted by atomic mass is 10.3. The second-order valence-electron chi connectivity index (χ2n) is 7.01. The SMILES string of the molecule is COc1ccccc1OCCCn1c(CNC(=O)C2CC2)nc2ccccc21. The summed E-state index contributed by atoms with van der Waals surface area (Å²) in [4.78, 5) is 16.7. The summed E-state index contributed by atoms with van der Waals surface area (Å²) < 4.78 is 13.4. The molecular weight excluding hydrogens is 354 g/mol. The highest BCUT2D eigenvalue weighted by molar-refractivity contribution is 5.81. The van der Waals surface area contributed by atoms with Crippen molar-refractivity contribution in [1.29, 1.82) is 0 Å². The molecule has 4 rings (SSSR count). The highest BCUT2D eigenvalue weighted by atomic mass is 16.5. The summed E-state index contributed by atoms with van der Waals surface area (Å²) in [5.41, 5.74) is 2.03. The van der Waals surface area contributed by atoms with Crippen LogP contribution in [-0.4, -0.2) is 29.2 Å². The molecule has 2 aromatic carbocycles. The lowest BCUT2D eigenvalue weighted by Gasteiger charge is -2.12. The molecule has 6 nitrogen and oxygen atoms in total. The standard InChI is InChI=1S/C22H25N3O3/c1-27-19-9-4-5-10-20(19)28-14-6-13-25-18-8-3-2-7-17(18)24-21(25)15-23-22(26)16-11-12-16/h2-5,7-10,16H,6,11-15H2,1H3,(H,23,26). The van der Waals surface area contributed by atoms with Crippen molar-refractivity contribution in [2.45, 2.75) is 32.4 Å². The number of aryl methyl sites for hydroxylation is 1. The number of nitrogens with zero attached hydrogens (tertiary/aromatic N) is 2. The highest BCUT2D eigenvalue weighted by Gasteiger charge is 2.29. The van der Waals surface area contributed by atoms with E-state index in [1.165, 1.54) is 0 Å². The Labute approximate surface area is 164 Å². The number of amides is 1. The molecule has 3 aromatic rings. The van der Waals surface area contributed by atoms with Crippen LogP contribution in [0.3, 0.4) is 0 Å². The van der Waals surface area contributed by atoms with Gasteiger partial charge >= 0.3 is 0 Å². The van der Waals surface area contributed by atoms with Crippen LogP contribution in [0.15, 0.2) is 48.5 Å². The summed E-state index contributed by atoms with van der Waals surface area (Å²) in [5.74, 6) is 2.70. The van der Waals surface area contributed by atoms with Gasteiger partial charge in [0.2, 0.25) is 5.91 Å². The lowest BCUT2D eigenvalue weighted by Crippen LogP contribution is -2.26. The Hall–Kier alpha value is -3.02. The predicted molar refractivity (Wildman–Crippen MR) is 107 cm³/mol. The van der Waals surface area contributed by atoms with E-state index in [0.29, 0.717) is 13.2 Å². The lowest BCUT2D eigenvalue weighted by molar-refractivity contribution is -0.122. The van der Waals surface area contributed by atoms with Gasteiger partial charge in [-0.2, -0.15) is 0 Å². The number of fused-ring (bicyclic) bond motifs is 1. The first-order chi connectivity index (χ1) is 13.8. The Bertz CT molecular complexity index is 963. The van der Waals surface area contributed by atoms with Gasteiger partial charge in [0.15, 0.2) is 11.5 Å². The smallest absolute Gasteiger partial charge is 0.223 e. The minimum absolute atomic E-state index is 0.137. The molecule has 1 amide bonds. The van der Waals surface area contributed by atoms with Crippen LogP contribution >= 0.6 is 0 Å². The molecule has 0 atom stereocenters. The summed E-state index contributed by atoms with van der Waals surface area (Å²) >= 11 is 0. The van der Waals surface area contributed by atoms with E-state index in [1.807, 2.05) is 42.5 Å². The molecule has 28 heavy (non-hydrogen) atoms. The van der Waals surface area contributed by atoms with Crippen LogP contribution in [-0.2, 0) is 17.9 Å². The van der Waals surface area contributed by atoms with Crippen molar-refractivity contribution in [1.82, 2.24) is 14.9 Å². The molecule has 1 saturated carbocycles. The number of carbonyl (C=O) groups excluding carboxylic acids is 1. The molecule has 0 aliphatic heterocycles. The van der Waals surface area contributed by atoms with Crippen molar-refractivity contribution in [3.63, 3.8) is 0 Å². The Morgan fingerprint density at radius 2 is 1.89 bits per heavy atom. The second-order valence-corrected chi connectivity index (χ2v) is 7.01. The van der Waals surface area contributed by atoms with Gasteiger partial charge in [0.1, 0.15) is 5.82 Å². The third-order valence-electron chi connectivity index (χ3n) is 4.96.